The third-order valence-corrected chi connectivity index (χ3v) is 6.59. The molecule has 21 heavy (non-hydrogen) atoms. The van der Waals surface area contributed by atoms with Crippen molar-refractivity contribution in [3.05, 3.63) is 29.8 Å². The summed E-state index contributed by atoms with van der Waals surface area (Å²) in [4.78, 5) is 0.302. The van der Waals surface area contributed by atoms with Gasteiger partial charge in [0, 0.05) is 12.6 Å². The van der Waals surface area contributed by atoms with E-state index in [9.17, 15) is 8.42 Å². The van der Waals surface area contributed by atoms with E-state index >= 15 is 0 Å². The molecular formula is C16H20N2O2S. The second-order valence-corrected chi connectivity index (χ2v) is 8.30. The van der Waals surface area contributed by atoms with Crippen molar-refractivity contribution in [2.45, 2.75) is 36.6 Å². The van der Waals surface area contributed by atoms with Gasteiger partial charge in [-0.3, -0.25) is 0 Å². The molecule has 112 valence electrons. The van der Waals surface area contributed by atoms with Gasteiger partial charge in [-0.1, -0.05) is 6.42 Å². The standard InChI is InChI=1S/C16H20N2O2S/c17-11-12-2-5-15(6-3-12)21(19,20)8-7-18-16-10-13-1-4-14(16)9-13/h2-3,5-6,13-14,16,18H,1,4,7-10H2. The van der Waals surface area contributed by atoms with Gasteiger partial charge in [-0.15, -0.1) is 0 Å². The molecule has 0 radical (unpaired) electrons. The van der Waals surface area contributed by atoms with E-state index in [4.69, 9.17) is 5.26 Å². The highest BCUT2D eigenvalue weighted by Crippen LogP contribution is 2.44. The molecule has 2 aliphatic carbocycles. The van der Waals surface area contributed by atoms with Crippen LogP contribution in [0.4, 0.5) is 0 Å². The predicted octanol–water partition coefficient (Wildman–Crippen LogP) is 2.11. The third kappa shape index (κ3) is 3.12. The van der Waals surface area contributed by atoms with Crippen LogP contribution in [-0.4, -0.2) is 26.8 Å². The van der Waals surface area contributed by atoms with E-state index in [1.807, 2.05) is 6.07 Å². The molecule has 0 heterocycles. The summed E-state index contributed by atoms with van der Waals surface area (Å²) < 4.78 is 24.5. The quantitative estimate of drug-likeness (QED) is 0.904. The van der Waals surface area contributed by atoms with Crippen LogP contribution < -0.4 is 5.32 Å². The van der Waals surface area contributed by atoms with Crippen LogP contribution in [0, 0.1) is 23.2 Å². The molecule has 4 nitrogen and oxygen atoms in total. The number of nitrogens with zero attached hydrogens (tertiary/aromatic N) is 1. The highest BCUT2D eigenvalue weighted by atomic mass is 32.2. The molecule has 1 aromatic carbocycles. The van der Waals surface area contributed by atoms with E-state index in [1.165, 1.54) is 37.8 Å². The lowest BCUT2D eigenvalue weighted by Crippen LogP contribution is -2.36. The summed E-state index contributed by atoms with van der Waals surface area (Å²) in [5.41, 5.74) is 0.481. The fraction of sp³-hybridized carbons (Fsp3) is 0.562. The lowest BCUT2D eigenvalue weighted by Gasteiger charge is -2.22. The van der Waals surface area contributed by atoms with E-state index in [-0.39, 0.29) is 5.75 Å². The predicted molar refractivity (Wildman–Crippen MR) is 80.4 cm³/mol. The number of hydrogen-bond donors (Lipinski definition) is 1. The Balaban J connectivity index is 1.55. The van der Waals surface area contributed by atoms with Crippen LogP contribution in [-0.2, 0) is 9.84 Å². The fourth-order valence-corrected chi connectivity index (χ4v) is 4.90. The highest BCUT2D eigenvalue weighted by molar-refractivity contribution is 7.91. The number of hydrogen-bond acceptors (Lipinski definition) is 4. The van der Waals surface area contributed by atoms with Gasteiger partial charge in [0.1, 0.15) is 0 Å². The Morgan fingerprint density at radius 3 is 2.52 bits per heavy atom. The van der Waals surface area contributed by atoms with Gasteiger partial charge in [0.15, 0.2) is 9.84 Å². The molecule has 0 spiro atoms. The molecule has 0 aliphatic heterocycles. The van der Waals surface area contributed by atoms with Crippen molar-refractivity contribution in [1.82, 2.24) is 5.32 Å². The monoisotopic (exact) mass is 304 g/mol. The minimum Gasteiger partial charge on any atom is -0.313 e. The van der Waals surface area contributed by atoms with Crippen LogP contribution in [0.1, 0.15) is 31.2 Å². The van der Waals surface area contributed by atoms with Crippen LogP contribution >= 0.6 is 0 Å². The average molecular weight is 304 g/mol. The van der Waals surface area contributed by atoms with Gasteiger partial charge >= 0.3 is 0 Å². The molecule has 0 amide bonds. The number of benzene rings is 1. The maximum Gasteiger partial charge on any atom is 0.179 e. The van der Waals surface area contributed by atoms with Gasteiger partial charge < -0.3 is 5.32 Å². The smallest absolute Gasteiger partial charge is 0.179 e. The molecule has 0 saturated heterocycles. The van der Waals surface area contributed by atoms with Crippen molar-refractivity contribution in [3.63, 3.8) is 0 Å². The largest absolute Gasteiger partial charge is 0.313 e. The van der Waals surface area contributed by atoms with Crippen LogP contribution in [0.25, 0.3) is 0 Å². The van der Waals surface area contributed by atoms with Gasteiger partial charge in [0.05, 0.1) is 22.3 Å². The van der Waals surface area contributed by atoms with Crippen LogP contribution in [0.3, 0.4) is 0 Å². The second-order valence-electron chi connectivity index (χ2n) is 6.19. The number of nitriles is 1. The van der Waals surface area contributed by atoms with Crippen molar-refractivity contribution in [3.8, 4) is 6.07 Å². The lowest BCUT2D eigenvalue weighted by molar-refractivity contribution is 0.358. The SMILES string of the molecule is N#Cc1ccc(S(=O)(=O)CCNC2CC3CCC2C3)cc1. The molecule has 2 fully saturated rings. The van der Waals surface area contributed by atoms with E-state index in [2.05, 4.69) is 5.32 Å². The summed E-state index contributed by atoms with van der Waals surface area (Å²) in [7, 11) is -3.26. The van der Waals surface area contributed by atoms with Crippen molar-refractivity contribution >= 4 is 9.84 Å². The lowest BCUT2D eigenvalue weighted by atomic mass is 9.95. The molecule has 0 aromatic heterocycles. The molecule has 3 unspecified atom stereocenters. The summed E-state index contributed by atoms with van der Waals surface area (Å²) >= 11 is 0. The first-order valence-electron chi connectivity index (χ1n) is 7.55. The first kappa shape index (κ1) is 14.6. The maximum absolute atomic E-state index is 12.2. The summed E-state index contributed by atoms with van der Waals surface area (Å²) in [6, 6.07) is 8.65. The summed E-state index contributed by atoms with van der Waals surface area (Å²) in [5.74, 6) is 1.74. The second kappa shape index (κ2) is 5.78. The van der Waals surface area contributed by atoms with Gasteiger partial charge in [0.25, 0.3) is 0 Å². The Bertz CT molecular complexity index is 646. The Kier molecular flexibility index (Phi) is 4.01. The summed E-state index contributed by atoms with van der Waals surface area (Å²) in [5, 5.41) is 12.2. The molecule has 1 N–H and O–H groups in total. The van der Waals surface area contributed by atoms with E-state index < -0.39 is 9.84 Å². The average Bonchev–Trinajstić information content (AvgIpc) is 3.10. The van der Waals surface area contributed by atoms with E-state index in [1.54, 1.807) is 12.1 Å². The van der Waals surface area contributed by atoms with Gasteiger partial charge in [-0.05, 0) is 55.4 Å². The van der Waals surface area contributed by atoms with Crippen LogP contribution in [0.15, 0.2) is 29.2 Å². The van der Waals surface area contributed by atoms with Crippen molar-refractivity contribution in [2.24, 2.45) is 11.8 Å². The molecule has 3 atom stereocenters. The Morgan fingerprint density at radius 2 is 1.95 bits per heavy atom. The first-order valence-corrected chi connectivity index (χ1v) is 9.20. The zero-order valence-electron chi connectivity index (χ0n) is 12.0. The summed E-state index contributed by atoms with van der Waals surface area (Å²) in [6.07, 6.45) is 5.18. The van der Waals surface area contributed by atoms with E-state index in [0.717, 1.165) is 11.8 Å². The molecule has 2 bridgehead atoms. The molecule has 2 saturated carbocycles. The number of rotatable bonds is 5. The molecule has 2 aliphatic rings. The Labute approximate surface area is 126 Å². The normalized spacial score (nSPS) is 27.7. The fourth-order valence-electron chi connectivity index (χ4n) is 3.73. The molecule has 1 aromatic rings. The topological polar surface area (TPSA) is 70.0 Å². The summed E-state index contributed by atoms with van der Waals surface area (Å²) in [6.45, 7) is 0.510. The Hall–Kier alpha value is -1.38. The van der Waals surface area contributed by atoms with E-state index in [0.29, 0.717) is 23.0 Å². The minimum absolute atomic E-state index is 0.118. The van der Waals surface area contributed by atoms with Gasteiger partial charge in [-0.2, -0.15) is 5.26 Å². The van der Waals surface area contributed by atoms with Gasteiger partial charge in [-0.25, -0.2) is 8.42 Å². The molecule has 5 heteroatoms. The van der Waals surface area contributed by atoms with Crippen LogP contribution in [0.2, 0.25) is 0 Å². The minimum atomic E-state index is -3.26. The first-order chi connectivity index (χ1) is 10.1. The maximum atomic E-state index is 12.2. The highest BCUT2D eigenvalue weighted by Gasteiger charge is 2.39. The van der Waals surface area contributed by atoms with Crippen molar-refractivity contribution < 1.29 is 8.42 Å². The third-order valence-electron chi connectivity index (χ3n) is 4.86. The van der Waals surface area contributed by atoms with Crippen LogP contribution in [0.5, 0.6) is 0 Å². The van der Waals surface area contributed by atoms with Crippen molar-refractivity contribution in [1.29, 1.82) is 5.26 Å². The zero-order chi connectivity index (χ0) is 14.9. The van der Waals surface area contributed by atoms with Crippen molar-refractivity contribution in [2.75, 3.05) is 12.3 Å². The number of sulfone groups is 1. The molecule has 3 rings (SSSR count). The zero-order valence-corrected chi connectivity index (χ0v) is 12.8. The molecular weight excluding hydrogens is 284 g/mol. The number of nitrogens with one attached hydrogen (secondary N) is 1. The van der Waals surface area contributed by atoms with Gasteiger partial charge in [0.2, 0.25) is 0 Å². The number of fused-ring (bicyclic) bond motifs is 2. The Morgan fingerprint density at radius 1 is 1.19 bits per heavy atom.